The molecule has 0 bridgehead atoms. The van der Waals surface area contributed by atoms with Crippen LogP contribution in [0.3, 0.4) is 0 Å². The van der Waals surface area contributed by atoms with Crippen molar-refractivity contribution in [1.29, 1.82) is 0 Å². The Morgan fingerprint density at radius 2 is 1.94 bits per heavy atom. The lowest BCUT2D eigenvalue weighted by atomic mass is 10.0. The van der Waals surface area contributed by atoms with Crippen molar-refractivity contribution in [1.82, 2.24) is 24.9 Å². The number of anilines is 1. The Kier molecular flexibility index (Phi) is 7.38. The summed E-state index contributed by atoms with van der Waals surface area (Å²) in [6, 6.07) is 7.26. The molecule has 0 aliphatic carbocycles. The van der Waals surface area contributed by atoms with E-state index in [9.17, 15) is 22.8 Å². The maximum Gasteiger partial charge on any atom is 0.417 e. The van der Waals surface area contributed by atoms with E-state index in [1.807, 2.05) is 4.90 Å². The van der Waals surface area contributed by atoms with E-state index in [1.165, 1.54) is 6.07 Å². The number of amides is 2. The molecule has 1 aliphatic heterocycles. The number of piperidine rings is 1. The second kappa shape index (κ2) is 10.5. The third kappa shape index (κ3) is 5.73. The molecule has 0 spiro atoms. The molecule has 0 saturated carbocycles. The van der Waals surface area contributed by atoms with Crippen molar-refractivity contribution in [2.24, 2.45) is 5.73 Å². The number of carbonyl (C=O) groups excluding carboxylic acids is 2. The first-order valence-electron chi connectivity index (χ1n) is 11.4. The fraction of sp³-hybridized carbons (Fsp3) is 0.435. The molecule has 192 valence electrons. The highest BCUT2D eigenvalue weighted by molar-refractivity contribution is 5.96. The maximum atomic E-state index is 12.7. The minimum absolute atomic E-state index is 0.00159. The number of aromatic nitrogens is 4. The molecule has 0 radical (unpaired) electrons. The first kappa shape index (κ1) is 25.4. The van der Waals surface area contributed by atoms with E-state index in [1.54, 1.807) is 34.8 Å². The van der Waals surface area contributed by atoms with Gasteiger partial charge in [0, 0.05) is 37.9 Å². The summed E-state index contributed by atoms with van der Waals surface area (Å²) in [6.45, 7) is 1.61. The van der Waals surface area contributed by atoms with Crippen molar-refractivity contribution in [3.63, 3.8) is 0 Å². The zero-order valence-corrected chi connectivity index (χ0v) is 19.6. The Morgan fingerprint density at radius 1 is 1.19 bits per heavy atom. The van der Waals surface area contributed by atoms with Crippen LogP contribution in [0.15, 0.2) is 36.5 Å². The molecule has 1 aromatic carbocycles. The second-order valence-corrected chi connectivity index (χ2v) is 8.56. The first-order valence-corrected chi connectivity index (χ1v) is 11.4. The number of nitrogens with zero attached hydrogens (tertiary/aromatic N) is 6. The van der Waals surface area contributed by atoms with Crippen molar-refractivity contribution >= 4 is 28.7 Å². The molecule has 36 heavy (non-hydrogen) atoms. The number of benzene rings is 1. The third-order valence-corrected chi connectivity index (χ3v) is 6.28. The van der Waals surface area contributed by atoms with Gasteiger partial charge in [0.25, 0.3) is 0 Å². The lowest BCUT2D eigenvalue weighted by Gasteiger charge is -2.37. The number of rotatable bonds is 8. The van der Waals surface area contributed by atoms with E-state index in [4.69, 9.17) is 10.5 Å². The monoisotopic (exact) mass is 505 g/mol. The van der Waals surface area contributed by atoms with Gasteiger partial charge in [0.1, 0.15) is 17.9 Å². The number of alkyl halides is 3. The topological polar surface area (TPSA) is 119 Å². The van der Waals surface area contributed by atoms with Crippen LogP contribution in [0.2, 0.25) is 0 Å². The Labute approximate surface area is 204 Å². The number of ether oxygens (including phenoxy) is 1. The highest BCUT2D eigenvalue weighted by Gasteiger charge is 2.31. The summed E-state index contributed by atoms with van der Waals surface area (Å²) in [6.07, 6.45) is -2.25. The van der Waals surface area contributed by atoms with Crippen LogP contribution in [0.25, 0.3) is 11.0 Å². The first-order chi connectivity index (χ1) is 17.1. The molecule has 3 heterocycles. The highest BCUT2D eigenvalue weighted by atomic mass is 19.4. The van der Waals surface area contributed by atoms with Gasteiger partial charge in [-0.1, -0.05) is 5.21 Å². The predicted molar refractivity (Wildman–Crippen MR) is 124 cm³/mol. The quantitative estimate of drug-likeness (QED) is 0.466. The average molecular weight is 506 g/mol. The van der Waals surface area contributed by atoms with Crippen LogP contribution in [0.1, 0.15) is 28.8 Å². The maximum absolute atomic E-state index is 12.7. The predicted octanol–water partition coefficient (Wildman–Crippen LogP) is 2.09. The van der Waals surface area contributed by atoms with Gasteiger partial charge in [-0.2, -0.15) is 13.2 Å². The van der Waals surface area contributed by atoms with E-state index in [0.717, 1.165) is 12.3 Å². The van der Waals surface area contributed by atoms with Crippen molar-refractivity contribution in [2.75, 3.05) is 38.3 Å². The Bertz CT molecular complexity index is 1220. The standard InChI is InChI=1S/C23H26F3N7O3/c1-31(17-6-8-32(9-7-17)20-5-3-16(13-28-20)23(24,25)26)21(34)14-36-11-10-33-19-12-15(22(27)35)2-4-18(19)29-30-33/h2-5,12-13,17H,6-11,14H2,1H3,(H2,27,35). The summed E-state index contributed by atoms with van der Waals surface area (Å²) < 4.78 is 45.4. The van der Waals surface area contributed by atoms with Crippen molar-refractivity contribution in [3.8, 4) is 0 Å². The van der Waals surface area contributed by atoms with Gasteiger partial charge < -0.3 is 20.3 Å². The van der Waals surface area contributed by atoms with Gasteiger partial charge in [-0.05, 0) is 43.2 Å². The van der Waals surface area contributed by atoms with Crippen molar-refractivity contribution < 1.29 is 27.5 Å². The smallest absolute Gasteiger partial charge is 0.370 e. The zero-order valence-electron chi connectivity index (χ0n) is 19.6. The molecule has 13 heteroatoms. The molecule has 1 fully saturated rings. The summed E-state index contributed by atoms with van der Waals surface area (Å²) in [5.74, 6) is -0.223. The molecule has 0 unspecified atom stereocenters. The molecule has 4 rings (SSSR count). The van der Waals surface area contributed by atoms with Gasteiger partial charge in [-0.15, -0.1) is 5.10 Å². The number of hydrogen-bond acceptors (Lipinski definition) is 7. The van der Waals surface area contributed by atoms with E-state index in [0.29, 0.717) is 54.9 Å². The van der Waals surface area contributed by atoms with Crippen LogP contribution in [0.4, 0.5) is 19.0 Å². The zero-order chi connectivity index (χ0) is 25.9. The van der Waals surface area contributed by atoms with Gasteiger partial charge in [0.15, 0.2) is 0 Å². The number of fused-ring (bicyclic) bond motifs is 1. The number of hydrogen-bond donors (Lipinski definition) is 1. The van der Waals surface area contributed by atoms with E-state index in [2.05, 4.69) is 15.3 Å². The van der Waals surface area contributed by atoms with Crippen LogP contribution in [0.5, 0.6) is 0 Å². The summed E-state index contributed by atoms with van der Waals surface area (Å²) in [4.78, 5) is 31.5. The molecule has 2 N–H and O–H groups in total. The van der Waals surface area contributed by atoms with Crippen LogP contribution in [-0.2, 0) is 22.3 Å². The number of pyridine rings is 1. The minimum Gasteiger partial charge on any atom is -0.370 e. The van der Waals surface area contributed by atoms with Gasteiger partial charge in [-0.25, -0.2) is 9.67 Å². The fourth-order valence-corrected chi connectivity index (χ4v) is 4.12. The van der Waals surface area contributed by atoms with Gasteiger partial charge in [0.2, 0.25) is 11.8 Å². The summed E-state index contributed by atoms with van der Waals surface area (Å²) >= 11 is 0. The van der Waals surface area contributed by atoms with Crippen molar-refractivity contribution in [3.05, 3.63) is 47.7 Å². The molecule has 2 aromatic heterocycles. The van der Waals surface area contributed by atoms with E-state index in [-0.39, 0.29) is 25.2 Å². The number of halogens is 3. The van der Waals surface area contributed by atoms with E-state index >= 15 is 0 Å². The van der Waals surface area contributed by atoms with Crippen LogP contribution in [0, 0.1) is 0 Å². The Balaban J connectivity index is 1.22. The number of likely N-dealkylation sites (N-methyl/N-ethyl adjacent to an activating group) is 1. The molecular formula is C23H26F3N7O3. The SMILES string of the molecule is CN(C(=O)COCCn1nnc2ccc(C(N)=O)cc21)C1CCN(c2ccc(C(F)(F)F)cn2)CC1. The van der Waals surface area contributed by atoms with E-state index < -0.39 is 17.6 Å². The number of nitrogens with two attached hydrogens (primary N) is 1. The molecule has 3 aromatic rings. The summed E-state index contributed by atoms with van der Waals surface area (Å²) in [7, 11) is 1.72. The molecule has 10 nitrogen and oxygen atoms in total. The molecule has 1 aliphatic rings. The summed E-state index contributed by atoms with van der Waals surface area (Å²) in [5, 5.41) is 8.08. The molecule has 0 atom stereocenters. The van der Waals surface area contributed by atoms with Crippen LogP contribution >= 0.6 is 0 Å². The van der Waals surface area contributed by atoms with Gasteiger partial charge in [0.05, 0.1) is 24.2 Å². The normalized spacial score (nSPS) is 14.8. The lowest BCUT2D eigenvalue weighted by Crippen LogP contribution is -2.46. The molecular weight excluding hydrogens is 479 g/mol. The number of carbonyl (C=O) groups is 2. The van der Waals surface area contributed by atoms with Crippen LogP contribution in [-0.4, -0.2) is 76.1 Å². The fourth-order valence-electron chi connectivity index (χ4n) is 4.12. The molecule has 2 amide bonds. The third-order valence-electron chi connectivity index (χ3n) is 6.28. The Morgan fingerprint density at radius 3 is 2.58 bits per heavy atom. The minimum atomic E-state index is -4.42. The largest absolute Gasteiger partial charge is 0.417 e. The summed E-state index contributed by atoms with van der Waals surface area (Å²) in [5.41, 5.74) is 6.16. The number of primary amides is 1. The van der Waals surface area contributed by atoms with Crippen LogP contribution < -0.4 is 10.6 Å². The van der Waals surface area contributed by atoms with Crippen molar-refractivity contribution in [2.45, 2.75) is 31.6 Å². The second-order valence-electron chi connectivity index (χ2n) is 8.56. The molecule has 1 saturated heterocycles. The average Bonchev–Trinajstić information content (AvgIpc) is 3.28. The lowest BCUT2D eigenvalue weighted by molar-refractivity contribution is -0.138. The van der Waals surface area contributed by atoms with Gasteiger partial charge >= 0.3 is 6.18 Å². The Hall–Kier alpha value is -3.74. The highest BCUT2D eigenvalue weighted by Crippen LogP contribution is 2.30. The van der Waals surface area contributed by atoms with Gasteiger partial charge in [-0.3, -0.25) is 9.59 Å².